The van der Waals surface area contributed by atoms with Crippen LogP contribution in [0.25, 0.3) is 11.3 Å². The van der Waals surface area contributed by atoms with Crippen molar-refractivity contribution in [1.29, 1.82) is 0 Å². The van der Waals surface area contributed by atoms with E-state index >= 15 is 4.39 Å². The molecule has 0 aliphatic heterocycles. The van der Waals surface area contributed by atoms with E-state index in [2.05, 4.69) is 9.97 Å². The Morgan fingerprint density at radius 2 is 1.82 bits per heavy atom. The third kappa shape index (κ3) is 5.14. The van der Waals surface area contributed by atoms with Gasteiger partial charge in [0.15, 0.2) is 5.82 Å². The van der Waals surface area contributed by atoms with Crippen LogP contribution in [0.2, 0.25) is 5.15 Å². The summed E-state index contributed by atoms with van der Waals surface area (Å²) in [4.78, 5) is 19.5. The lowest BCUT2D eigenvalue weighted by Gasteiger charge is -2.27. The van der Waals surface area contributed by atoms with Gasteiger partial charge in [-0.3, -0.25) is 0 Å². The van der Waals surface area contributed by atoms with Gasteiger partial charge >= 0.3 is 6.09 Å². The van der Waals surface area contributed by atoms with Crippen molar-refractivity contribution in [3.8, 4) is 11.3 Å². The van der Waals surface area contributed by atoms with Gasteiger partial charge in [-0.2, -0.15) is 4.39 Å². The highest BCUT2D eigenvalue weighted by Gasteiger charge is 2.31. The minimum atomic E-state index is -4.54. The summed E-state index contributed by atoms with van der Waals surface area (Å²) in [6.07, 6.45) is 2.02. The van der Waals surface area contributed by atoms with E-state index in [1.165, 1.54) is 30.5 Å². The maximum Gasteiger partial charge on any atom is 0.407 e. The predicted molar refractivity (Wildman–Crippen MR) is 117 cm³/mol. The molecule has 0 saturated carbocycles. The van der Waals surface area contributed by atoms with Crippen molar-refractivity contribution in [3.63, 3.8) is 0 Å². The monoisotopic (exact) mass is 498 g/mol. The smallest absolute Gasteiger partial charge is 0.407 e. The third-order valence-electron chi connectivity index (χ3n) is 4.56. The zero-order chi connectivity index (χ0) is 24.6. The molecule has 0 fully saturated rings. The van der Waals surface area contributed by atoms with Gasteiger partial charge in [0.25, 0.3) is 10.0 Å². The van der Waals surface area contributed by atoms with Crippen LogP contribution in [-0.4, -0.2) is 45.0 Å². The topological polar surface area (TPSA) is 105 Å². The number of nitrogens with zero attached hydrogens (tertiary/aromatic N) is 4. The Labute approximate surface area is 194 Å². The van der Waals surface area contributed by atoms with Crippen molar-refractivity contribution in [1.82, 2.24) is 18.8 Å². The number of halogens is 3. The van der Waals surface area contributed by atoms with Gasteiger partial charge in [-0.25, -0.2) is 31.5 Å². The minimum absolute atomic E-state index is 0.0464. The lowest BCUT2D eigenvalue weighted by molar-refractivity contribution is 0.122. The van der Waals surface area contributed by atoms with Gasteiger partial charge < -0.3 is 10.0 Å². The van der Waals surface area contributed by atoms with Crippen molar-refractivity contribution in [2.75, 3.05) is 6.54 Å². The predicted octanol–water partition coefficient (Wildman–Crippen LogP) is 4.64. The van der Waals surface area contributed by atoms with Crippen LogP contribution in [0.4, 0.5) is 13.6 Å². The molecule has 0 unspecified atom stereocenters. The quantitative estimate of drug-likeness (QED) is 0.496. The number of carbonyl (C=O) groups is 1. The molecule has 1 N–H and O–H groups in total. The molecule has 0 aliphatic rings. The van der Waals surface area contributed by atoms with Gasteiger partial charge in [-0.1, -0.05) is 32.4 Å². The molecule has 8 nitrogen and oxygen atoms in total. The maximum atomic E-state index is 15.6. The first-order valence-corrected chi connectivity index (χ1v) is 11.5. The summed E-state index contributed by atoms with van der Waals surface area (Å²) in [5.41, 5.74) is -1.76. The zero-order valence-corrected chi connectivity index (χ0v) is 19.5. The van der Waals surface area contributed by atoms with E-state index in [0.717, 1.165) is 17.3 Å². The number of rotatable bonds is 6. The van der Waals surface area contributed by atoms with E-state index in [4.69, 9.17) is 11.6 Å². The fourth-order valence-electron chi connectivity index (χ4n) is 3.25. The van der Waals surface area contributed by atoms with Crippen LogP contribution in [0.15, 0.2) is 47.8 Å². The number of hydrogen-bond donors (Lipinski definition) is 1. The molecule has 0 aromatic carbocycles. The van der Waals surface area contributed by atoms with E-state index in [9.17, 15) is 22.7 Å². The summed E-state index contributed by atoms with van der Waals surface area (Å²) in [5.74, 6) is -2.19. The second-order valence-corrected chi connectivity index (χ2v) is 10.6. The first-order chi connectivity index (χ1) is 15.3. The van der Waals surface area contributed by atoms with Crippen molar-refractivity contribution < 1.29 is 27.1 Å². The van der Waals surface area contributed by atoms with Gasteiger partial charge in [0.05, 0.1) is 12.1 Å². The highest BCUT2D eigenvalue weighted by Crippen LogP contribution is 2.34. The molecule has 0 radical (unpaired) electrons. The van der Waals surface area contributed by atoms with E-state index in [0.29, 0.717) is 3.97 Å². The van der Waals surface area contributed by atoms with Crippen LogP contribution in [0.3, 0.4) is 0 Å². The Balaban J connectivity index is 2.24. The molecule has 3 heterocycles. The summed E-state index contributed by atoms with van der Waals surface area (Å²) >= 11 is 5.96. The second-order valence-electron chi connectivity index (χ2n) is 8.45. The van der Waals surface area contributed by atoms with Crippen LogP contribution < -0.4 is 0 Å². The van der Waals surface area contributed by atoms with Crippen LogP contribution in [0.1, 0.15) is 26.3 Å². The number of pyridine rings is 2. The average molecular weight is 499 g/mol. The summed E-state index contributed by atoms with van der Waals surface area (Å²) in [5, 5.41) is 9.23. The number of hydrogen-bond acceptors (Lipinski definition) is 5. The second kappa shape index (κ2) is 9.06. The SMILES string of the molecule is CC(C)(C)CN(Cc1cn(S(=O)(=O)c2cccnc2Cl)c(-c2cccnc2F)c1F)C(=O)O. The molecule has 0 bridgehead atoms. The molecule has 3 aromatic rings. The van der Waals surface area contributed by atoms with Gasteiger partial charge in [0.2, 0.25) is 5.95 Å². The number of amides is 1. The summed E-state index contributed by atoms with van der Waals surface area (Å²) in [6.45, 7) is 4.99. The number of aromatic nitrogens is 3. The third-order valence-corrected chi connectivity index (χ3v) is 6.66. The molecular weight excluding hydrogens is 478 g/mol. The summed E-state index contributed by atoms with van der Waals surface area (Å²) < 4.78 is 57.4. The van der Waals surface area contributed by atoms with Gasteiger partial charge in [0, 0.05) is 30.7 Å². The minimum Gasteiger partial charge on any atom is -0.465 e. The molecular formula is C21H21ClF2N4O4S. The Morgan fingerprint density at radius 3 is 2.39 bits per heavy atom. The molecule has 33 heavy (non-hydrogen) atoms. The fraction of sp³-hybridized carbons (Fsp3) is 0.286. The standard InChI is InChI=1S/C21H21ClF2N4O4S/c1-21(2,3)12-27(20(29)30)10-13-11-28(33(31,32)15-7-5-8-25-18(15)22)17(16(13)23)14-6-4-9-26-19(14)24/h4-9,11H,10,12H2,1-3H3,(H,29,30). The van der Waals surface area contributed by atoms with Crippen LogP contribution in [-0.2, 0) is 16.6 Å². The van der Waals surface area contributed by atoms with E-state index < -0.39 is 56.0 Å². The molecule has 3 aromatic heterocycles. The number of carboxylic acid groups (broad SMARTS) is 1. The molecule has 12 heteroatoms. The lowest BCUT2D eigenvalue weighted by atomic mass is 9.96. The summed E-state index contributed by atoms with van der Waals surface area (Å²) in [7, 11) is -4.54. The van der Waals surface area contributed by atoms with Crippen molar-refractivity contribution >= 4 is 27.7 Å². The molecule has 1 amide bonds. The van der Waals surface area contributed by atoms with Crippen molar-refractivity contribution in [2.45, 2.75) is 32.2 Å². The highest BCUT2D eigenvalue weighted by molar-refractivity contribution is 7.90. The Kier molecular flexibility index (Phi) is 6.75. The average Bonchev–Trinajstić information content (AvgIpc) is 3.04. The fourth-order valence-corrected chi connectivity index (χ4v) is 5.07. The normalized spacial score (nSPS) is 12.1. The van der Waals surface area contributed by atoms with Gasteiger partial charge in [0.1, 0.15) is 15.7 Å². The van der Waals surface area contributed by atoms with Crippen LogP contribution >= 0.6 is 11.6 Å². The lowest BCUT2D eigenvalue weighted by Crippen LogP contribution is -2.36. The molecule has 0 aliphatic carbocycles. The van der Waals surface area contributed by atoms with Crippen molar-refractivity contribution in [2.24, 2.45) is 5.41 Å². The van der Waals surface area contributed by atoms with E-state index in [1.807, 2.05) is 0 Å². The highest BCUT2D eigenvalue weighted by atomic mass is 35.5. The first kappa shape index (κ1) is 24.6. The Morgan fingerprint density at radius 1 is 1.18 bits per heavy atom. The largest absolute Gasteiger partial charge is 0.465 e. The molecule has 0 saturated heterocycles. The Hall–Kier alpha value is -3.05. The van der Waals surface area contributed by atoms with Crippen molar-refractivity contribution in [3.05, 3.63) is 65.3 Å². The molecule has 0 atom stereocenters. The zero-order valence-electron chi connectivity index (χ0n) is 18.0. The summed E-state index contributed by atoms with van der Waals surface area (Å²) in [6, 6.07) is 5.00. The first-order valence-electron chi connectivity index (χ1n) is 9.67. The van der Waals surface area contributed by atoms with E-state index in [1.54, 1.807) is 20.8 Å². The van der Waals surface area contributed by atoms with Gasteiger partial charge in [-0.05, 0) is 29.7 Å². The maximum absolute atomic E-state index is 15.6. The van der Waals surface area contributed by atoms with Crippen LogP contribution in [0.5, 0.6) is 0 Å². The molecule has 0 spiro atoms. The van der Waals surface area contributed by atoms with Crippen LogP contribution in [0, 0.1) is 17.2 Å². The van der Waals surface area contributed by atoms with Gasteiger partial charge in [-0.15, -0.1) is 0 Å². The molecule has 3 rings (SSSR count). The molecule has 176 valence electrons. The van der Waals surface area contributed by atoms with E-state index in [-0.39, 0.29) is 17.3 Å². The Bertz CT molecular complexity index is 1310.